The van der Waals surface area contributed by atoms with Gasteiger partial charge in [-0.3, -0.25) is 9.59 Å². The third-order valence-corrected chi connectivity index (χ3v) is 2.37. The van der Waals surface area contributed by atoms with Crippen LogP contribution in [0.15, 0.2) is 0 Å². The maximum Gasteiger partial charge on any atom is 0.325 e. The predicted octanol–water partition coefficient (Wildman–Crippen LogP) is 0.786. The summed E-state index contributed by atoms with van der Waals surface area (Å²) < 4.78 is 4.85. The number of hydrogen-bond donors (Lipinski definition) is 1. The monoisotopic (exact) mass is 244 g/mol. The largest absolute Gasteiger partial charge is 0.465 e. The molecule has 1 amide bonds. The fraction of sp³-hybridized carbons (Fsp3) is 0.833. The molecule has 0 spiro atoms. The molecule has 0 saturated heterocycles. The summed E-state index contributed by atoms with van der Waals surface area (Å²) >= 11 is 0. The van der Waals surface area contributed by atoms with Gasteiger partial charge in [-0.2, -0.15) is 0 Å². The minimum atomic E-state index is -0.344. The zero-order chi connectivity index (χ0) is 13.3. The first-order valence-electron chi connectivity index (χ1n) is 6.12. The summed E-state index contributed by atoms with van der Waals surface area (Å²) in [7, 11) is 1.85. The standard InChI is InChI=1S/C12H24N2O3/c1-5-17-12(16)9-14(10(2)3)11(15)7-6-8-13-4/h10,13H,5-9H2,1-4H3. The van der Waals surface area contributed by atoms with Crippen molar-refractivity contribution in [3.63, 3.8) is 0 Å². The van der Waals surface area contributed by atoms with E-state index in [0.717, 1.165) is 13.0 Å². The number of ether oxygens (including phenoxy) is 1. The van der Waals surface area contributed by atoms with Gasteiger partial charge in [0.05, 0.1) is 6.61 Å². The van der Waals surface area contributed by atoms with Crippen molar-refractivity contribution in [2.24, 2.45) is 0 Å². The fourth-order valence-electron chi connectivity index (χ4n) is 1.46. The number of hydrogen-bond acceptors (Lipinski definition) is 4. The van der Waals surface area contributed by atoms with Crippen LogP contribution in [0.25, 0.3) is 0 Å². The molecule has 0 aliphatic carbocycles. The van der Waals surface area contributed by atoms with Crippen molar-refractivity contribution in [3.05, 3.63) is 0 Å². The summed E-state index contributed by atoms with van der Waals surface area (Å²) in [6, 6.07) is 0.0153. The molecule has 0 fully saturated rings. The summed E-state index contributed by atoms with van der Waals surface area (Å²) in [5.74, 6) is -0.341. The van der Waals surface area contributed by atoms with Crippen molar-refractivity contribution < 1.29 is 14.3 Å². The fourth-order valence-corrected chi connectivity index (χ4v) is 1.46. The quantitative estimate of drug-likeness (QED) is 0.506. The highest BCUT2D eigenvalue weighted by Gasteiger charge is 2.19. The highest BCUT2D eigenvalue weighted by Crippen LogP contribution is 2.04. The lowest BCUT2D eigenvalue weighted by molar-refractivity contribution is -0.150. The van der Waals surface area contributed by atoms with Gasteiger partial charge in [0.1, 0.15) is 6.54 Å². The Balaban J connectivity index is 4.21. The molecular weight excluding hydrogens is 220 g/mol. The second kappa shape index (κ2) is 8.98. The van der Waals surface area contributed by atoms with E-state index in [9.17, 15) is 9.59 Å². The van der Waals surface area contributed by atoms with E-state index in [2.05, 4.69) is 5.32 Å². The third kappa shape index (κ3) is 6.94. The Morgan fingerprint density at radius 2 is 2.00 bits per heavy atom. The van der Waals surface area contributed by atoms with Crippen molar-refractivity contribution in [2.45, 2.75) is 39.7 Å². The Morgan fingerprint density at radius 3 is 2.47 bits per heavy atom. The molecule has 0 aliphatic rings. The van der Waals surface area contributed by atoms with Gasteiger partial charge < -0.3 is 15.0 Å². The molecule has 0 rings (SSSR count). The van der Waals surface area contributed by atoms with Gasteiger partial charge in [-0.25, -0.2) is 0 Å². The number of nitrogens with one attached hydrogen (secondary N) is 1. The molecule has 0 unspecified atom stereocenters. The maximum absolute atomic E-state index is 11.9. The lowest BCUT2D eigenvalue weighted by atomic mass is 10.2. The number of esters is 1. The van der Waals surface area contributed by atoms with Crippen LogP contribution >= 0.6 is 0 Å². The van der Waals surface area contributed by atoms with Gasteiger partial charge in [0, 0.05) is 12.5 Å². The van der Waals surface area contributed by atoms with Crippen molar-refractivity contribution in [1.82, 2.24) is 10.2 Å². The number of nitrogens with zero attached hydrogens (tertiary/aromatic N) is 1. The van der Waals surface area contributed by atoms with Crippen molar-refractivity contribution in [1.29, 1.82) is 0 Å². The van der Waals surface area contributed by atoms with E-state index in [4.69, 9.17) is 4.74 Å². The summed E-state index contributed by atoms with van der Waals surface area (Å²) in [4.78, 5) is 24.8. The number of carbonyl (C=O) groups is 2. The van der Waals surface area contributed by atoms with Gasteiger partial charge in [-0.05, 0) is 40.8 Å². The minimum Gasteiger partial charge on any atom is -0.465 e. The van der Waals surface area contributed by atoms with E-state index in [0.29, 0.717) is 13.0 Å². The lowest BCUT2D eigenvalue weighted by Gasteiger charge is -2.25. The summed E-state index contributed by atoms with van der Waals surface area (Å²) in [5, 5.41) is 2.99. The van der Waals surface area contributed by atoms with Gasteiger partial charge >= 0.3 is 5.97 Å². The summed E-state index contributed by atoms with van der Waals surface area (Å²) in [5.41, 5.74) is 0. The lowest BCUT2D eigenvalue weighted by Crippen LogP contribution is -2.41. The topological polar surface area (TPSA) is 58.6 Å². The highest BCUT2D eigenvalue weighted by molar-refractivity contribution is 5.82. The van der Waals surface area contributed by atoms with Gasteiger partial charge in [0.2, 0.25) is 5.91 Å². The second-order valence-corrected chi connectivity index (χ2v) is 4.13. The van der Waals surface area contributed by atoms with Crippen molar-refractivity contribution >= 4 is 11.9 Å². The maximum atomic E-state index is 11.9. The minimum absolute atomic E-state index is 0.00306. The molecule has 0 radical (unpaired) electrons. The molecule has 0 aromatic heterocycles. The van der Waals surface area contributed by atoms with Crippen LogP contribution in [0.5, 0.6) is 0 Å². The summed E-state index contributed by atoms with van der Waals surface area (Å²) in [6.07, 6.45) is 1.24. The molecule has 100 valence electrons. The van der Waals surface area contributed by atoms with Crippen LogP contribution in [0.3, 0.4) is 0 Å². The number of carbonyl (C=O) groups excluding carboxylic acids is 2. The van der Waals surface area contributed by atoms with Gasteiger partial charge in [-0.15, -0.1) is 0 Å². The van der Waals surface area contributed by atoms with Crippen LogP contribution < -0.4 is 5.32 Å². The Bertz CT molecular complexity index is 242. The Hall–Kier alpha value is -1.10. The molecule has 17 heavy (non-hydrogen) atoms. The molecule has 0 aromatic rings. The van der Waals surface area contributed by atoms with Crippen LogP contribution in [0.2, 0.25) is 0 Å². The van der Waals surface area contributed by atoms with Crippen molar-refractivity contribution in [3.8, 4) is 0 Å². The first kappa shape index (κ1) is 15.9. The molecule has 5 heteroatoms. The van der Waals surface area contributed by atoms with E-state index in [1.165, 1.54) is 0 Å². The molecule has 0 heterocycles. The molecule has 1 N–H and O–H groups in total. The molecule has 0 aliphatic heterocycles. The van der Waals surface area contributed by atoms with Crippen LogP contribution in [0.4, 0.5) is 0 Å². The van der Waals surface area contributed by atoms with E-state index < -0.39 is 0 Å². The summed E-state index contributed by atoms with van der Waals surface area (Å²) in [6.45, 7) is 6.75. The molecule has 0 bridgehead atoms. The Morgan fingerprint density at radius 1 is 1.35 bits per heavy atom. The average molecular weight is 244 g/mol. The van der Waals surface area contributed by atoms with E-state index in [1.807, 2.05) is 20.9 Å². The van der Waals surface area contributed by atoms with E-state index in [-0.39, 0.29) is 24.5 Å². The van der Waals surface area contributed by atoms with Crippen LogP contribution in [0, 0.1) is 0 Å². The average Bonchev–Trinajstić information content (AvgIpc) is 2.26. The molecule has 5 nitrogen and oxygen atoms in total. The molecule has 0 saturated carbocycles. The smallest absolute Gasteiger partial charge is 0.325 e. The normalized spacial score (nSPS) is 10.4. The van der Waals surface area contributed by atoms with Gasteiger partial charge in [-0.1, -0.05) is 0 Å². The van der Waals surface area contributed by atoms with Crippen LogP contribution in [-0.4, -0.2) is 49.6 Å². The first-order chi connectivity index (χ1) is 8.02. The Labute approximate surface area is 103 Å². The van der Waals surface area contributed by atoms with Crippen LogP contribution in [-0.2, 0) is 14.3 Å². The zero-order valence-electron chi connectivity index (χ0n) is 11.3. The van der Waals surface area contributed by atoms with Crippen LogP contribution in [0.1, 0.15) is 33.6 Å². The third-order valence-electron chi connectivity index (χ3n) is 2.37. The SMILES string of the molecule is CCOC(=O)CN(C(=O)CCCNC)C(C)C. The van der Waals surface area contributed by atoms with E-state index in [1.54, 1.807) is 11.8 Å². The van der Waals surface area contributed by atoms with Crippen molar-refractivity contribution in [2.75, 3.05) is 26.7 Å². The molecule has 0 aromatic carbocycles. The molecular formula is C12H24N2O3. The number of rotatable bonds is 8. The predicted molar refractivity (Wildman–Crippen MR) is 66.6 cm³/mol. The first-order valence-corrected chi connectivity index (χ1v) is 6.12. The number of amides is 1. The van der Waals surface area contributed by atoms with Gasteiger partial charge in [0.15, 0.2) is 0 Å². The highest BCUT2D eigenvalue weighted by atomic mass is 16.5. The molecule has 0 atom stereocenters. The zero-order valence-corrected chi connectivity index (χ0v) is 11.3. The van der Waals surface area contributed by atoms with E-state index >= 15 is 0 Å². The Kier molecular flexibility index (Phi) is 8.40. The second-order valence-electron chi connectivity index (χ2n) is 4.13. The van der Waals surface area contributed by atoms with Gasteiger partial charge in [0.25, 0.3) is 0 Å².